The fourth-order valence-electron chi connectivity index (χ4n) is 5.06. The second-order valence-corrected chi connectivity index (χ2v) is 9.76. The van der Waals surface area contributed by atoms with E-state index in [1.807, 2.05) is 30.3 Å². The van der Waals surface area contributed by atoms with Gasteiger partial charge in [-0.1, -0.05) is 41.9 Å². The predicted molar refractivity (Wildman–Crippen MR) is 135 cm³/mol. The molecule has 8 nitrogen and oxygen atoms in total. The lowest BCUT2D eigenvalue weighted by atomic mass is 9.96. The Morgan fingerprint density at radius 1 is 1.23 bits per heavy atom. The number of rotatable bonds is 7. The van der Waals surface area contributed by atoms with E-state index < -0.39 is 6.04 Å². The molecule has 0 bridgehead atoms. The molecule has 1 amide bonds. The molecule has 1 saturated carbocycles. The largest absolute Gasteiger partial charge is 0.365 e. The third kappa shape index (κ3) is 3.97. The zero-order valence-electron chi connectivity index (χ0n) is 19.1. The number of nitrogens with zero attached hydrogens (tertiary/aromatic N) is 3. The smallest absolute Gasteiger partial charge is 0.294 e. The van der Waals surface area contributed by atoms with Gasteiger partial charge in [-0.15, -0.1) is 0 Å². The van der Waals surface area contributed by atoms with E-state index in [2.05, 4.69) is 37.7 Å². The molecule has 3 aromatic heterocycles. The molecule has 1 atom stereocenters. The van der Waals surface area contributed by atoms with Gasteiger partial charge in [-0.05, 0) is 43.4 Å². The van der Waals surface area contributed by atoms with Gasteiger partial charge in [0.05, 0.1) is 12.2 Å². The molecule has 1 aliphatic carbocycles. The van der Waals surface area contributed by atoms with Gasteiger partial charge in [-0.2, -0.15) is 0 Å². The van der Waals surface area contributed by atoms with Crippen LogP contribution in [0.1, 0.15) is 42.3 Å². The van der Waals surface area contributed by atoms with Gasteiger partial charge in [0, 0.05) is 41.0 Å². The van der Waals surface area contributed by atoms with Gasteiger partial charge in [0.15, 0.2) is 11.0 Å². The van der Waals surface area contributed by atoms with Crippen LogP contribution in [0.3, 0.4) is 0 Å². The van der Waals surface area contributed by atoms with Crippen LogP contribution in [0, 0.1) is 0 Å². The van der Waals surface area contributed by atoms with Gasteiger partial charge in [0.2, 0.25) is 5.91 Å². The minimum absolute atomic E-state index is 0.0113. The molecule has 3 N–H and O–H groups in total. The molecule has 0 saturated heterocycles. The Labute approximate surface area is 206 Å². The van der Waals surface area contributed by atoms with E-state index in [9.17, 15) is 9.59 Å². The molecule has 4 aromatic rings. The molecule has 4 heterocycles. The first-order chi connectivity index (χ1) is 17.0. The zero-order chi connectivity index (χ0) is 24.0. The van der Waals surface area contributed by atoms with E-state index in [1.54, 1.807) is 12.4 Å². The first-order valence-electron chi connectivity index (χ1n) is 11.8. The predicted octanol–water partition coefficient (Wildman–Crippen LogP) is 3.72. The highest BCUT2D eigenvalue weighted by Gasteiger charge is 2.44. The summed E-state index contributed by atoms with van der Waals surface area (Å²) in [6, 6.07) is 13.5. The maximum atomic E-state index is 13.4. The quantitative estimate of drug-likeness (QED) is 0.368. The van der Waals surface area contributed by atoms with E-state index in [4.69, 9.17) is 11.6 Å². The van der Waals surface area contributed by atoms with Crippen LogP contribution in [0.2, 0.25) is 5.15 Å². The number of anilines is 1. The van der Waals surface area contributed by atoms with E-state index in [1.165, 1.54) is 10.1 Å². The molecule has 178 valence electrons. The molecule has 0 unspecified atom stereocenters. The molecule has 1 aliphatic heterocycles. The van der Waals surface area contributed by atoms with Crippen molar-refractivity contribution in [3.63, 3.8) is 0 Å². The van der Waals surface area contributed by atoms with Gasteiger partial charge in [-0.25, -0.2) is 4.98 Å². The normalized spacial score (nSPS) is 17.8. The number of nitrogens with one attached hydrogen (secondary N) is 3. The Morgan fingerprint density at radius 3 is 2.83 bits per heavy atom. The van der Waals surface area contributed by atoms with Crippen molar-refractivity contribution in [1.29, 1.82) is 0 Å². The summed E-state index contributed by atoms with van der Waals surface area (Å²) in [7, 11) is 0. The number of hydrogen-bond donors (Lipinski definition) is 3. The van der Waals surface area contributed by atoms with E-state index >= 15 is 0 Å². The van der Waals surface area contributed by atoms with Crippen molar-refractivity contribution in [3.8, 4) is 0 Å². The lowest BCUT2D eigenvalue weighted by Crippen LogP contribution is -2.37. The zero-order valence-corrected chi connectivity index (χ0v) is 19.8. The molecule has 0 radical (unpaired) electrons. The van der Waals surface area contributed by atoms with Crippen LogP contribution < -0.4 is 16.2 Å². The highest BCUT2D eigenvalue weighted by Crippen LogP contribution is 2.48. The summed E-state index contributed by atoms with van der Waals surface area (Å²) in [6.45, 7) is 0.929. The van der Waals surface area contributed by atoms with Crippen LogP contribution in [0.25, 0.3) is 10.9 Å². The Kier molecular flexibility index (Phi) is 5.33. The minimum Gasteiger partial charge on any atom is -0.365 e. The Bertz CT molecular complexity index is 1440. The second kappa shape index (κ2) is 8.53. The van der Waals surface area contributed by atoms with Gasteiger partial charge < -0.3 is 15.6 Å². The topological polar surface area (TPSA) is 105 Å². The highest BCUT2D eigenvalue weighted by molar-refractivity contribution is 6.30. The lowest BCUT2D eigenvalue weighted by Gasteiger charge is -2.19. The van der Waals surface area contributed by atoms with E-state index in [-0.39, 0.29) is 27.9 Å². The molecular formula is C26H25ClN6O2. The molecular weight excluding hydrogens is 464 g/mol. The first kappa shape index (κ1) is 21.9. The van der Waals surface area contributed by atoms with Gasteiger partial charge >= 0.3 is 0 Å². The second-order valence-electron chi connectivity index (χ2n) is 9.40. The van der Waals surface area contributed by atoms with Crippen LogP contribution in [0.15, 0.2) is 59.7 Å². The maximum Gasteiger partial charge on any atom is 0.294 e. The fraction of sp³-hybridized carbons (Fsp3) is 0.308. The van der Waals surface area contributed by atoms with Crippen molar-refractivity contribution in [2.75, 3.05) is 11.9 Å². The number of H-pyrrole nitrogens is 1. The number of carbonyl (C=O) groups excluding carboxylic acids is 1. The average Bonchev–Trinajstić information content (AvgIpc) is 3.34. The maximum absolute atomic E-state index is 13.4. The fourth-order valence-corrected chi connectivity index (χ4v) is 5.33. The number of aromatic nitrogens is 4. The first-order valence-corrected chi connectivity index (χ1v) is 12.2. The van der Waals surface area contributed by atoms with E-state index in [0.717, 1.165) is 29.4 Å². The molecule has 35 heavy (non-hydrogen) atoms. The SMILES string of the molecule is O=C(NCc1cc2cnccc2[nH]1)[C@@H]1CCc2c(Cl)nc(NCC3(c4ccccc4)CC3)c(=O)n21. The number of halogens is 1. The summed E-state index contributed by atoms with van der Waals surface area (Å²) < 4.78 is 1.52. The number of pyridine rings is 1. The number of benzene rings is 1. The molecule has 6 rings (SSSR count). The number of hydrogen-bond acceptors (Lipinski definition) is 5. The van der Waals surface area contributed by atoms with Crippen molar-refractivity contribution in [2.24, 2.45) is 0 Å². The molecule has 2 aliphatic rings. The van der Waals surface area contributed by atoms with Crippen molar-refractivity contribution in [2.45, 2.75) is 43.7 Å². The van der Waals surface area contributed by atoms with Crippen molar-refractivity contribution >= 4 is 34.2 Å². The summed E-state index contributed by atoms with van der Waals surface area (Å²) >= 11 is 6.46. The van der Waals surface area contributed by atoms with Gasteiger partial charge in [0.1, 0.15) is 6.04 Å². The average molecular weight is 489 g/mol. The van der Waals surface area contributed by atoms with Crippen LogP contribution in [0.5, 0.6) is 0 Å². The summed E-state index contributed by atoms with van der Waals surface area (Å²) in [4.78, 5) is 38.2. The number of aromatic amines is 1. The summed E-state index contributed by atoms with van der Waals surface area (Å²) in [5.41, 5.74) is 3.41. The van der Waals surface area contributed by atoms with Gasteiger partial charge in [0.25, 0.3) is 5.56 Å². The highest BCUT2D eigenvalue weighted by atomic mass is 35.5. The van der Waals surface area contributed by atoms with Crippen molar-refractivity contribution < 1.29 is 4.79 Å². The Morgan fingerprint density at radius 2 is 2.06 bits per heavy atom. The van der Waals surface area contributed by atoms with Crippen LogP contribution >= 0.6 is 11.6 Å². The number of fused-ring (bicyclic) bond motifs is 2. The van der Waals surface area contributed by atoms with Crippen LogP contribution in [0.4, 0.5) is 5.82 Å². The van der Waals surface area contributed by atoms with Crippen LogP contribution in [-0.2, 0) is 23.2 Å². The third-order valence-electron chi connectivity index (χ3n) is 7.19. The molecule has 9 heteroatoms. The number of amides is 1. The van der Waals surface area contributed by atoms with Crippen molar-refractivity contribution in [1.82, 2.24) is 24.8 Å². The molecule has 1 fully saturated rings. The monoisotopic (exact) mass is 488 g/mol. The van der Waals surface area contributed by atoms with Crippen LogP contribution in [-0.4, -0.2) is 32.0 Å². The molecule has 1 aromatic carbocycles. The summed E-state index contributed by atoms with van der Waals surface area (Å²) in [6.07, 6.45) is 6.65. The Balaban J connectivity index is 1.19. The lowest BCUT2D eigenvalue weighted by molar-refractivity contribution is -0.124. The van der Waals surface area contributed by atoms with Crippen molar-refractivity contribution in [3.05, 3.63) is 87.3 Å². The summed E-state index contributed by atoms with van der Waals surface area (Å²) in [5.74, 6) is -0.0115. The standard InChI is InChI=1S/C26H25ClN6O2/c27-22-20-6-7-21(24(34)29-14-18-12-16-13-28-11-8-19(16)31-18)33(20)25(35)23(32-22)30-15-26(9-10-26)17-4-2-1-3-5-17/h1-5,8,11-13,21,31H,6-7,9-10,14-15H2,(H,29,34)(H,30,32)/t21-/m0/s1. The Hall–Kier alpha value is -3.65. The minimum atomic E-state index is -0.617. The van der Waals surface area contributed by atoms with E-state index in [0.29, 0.717) is 31.6 Å². The number of carbonyl (C=O) groups is 1. The third-order valence-corrected chi connectivity index (χ3v) is 7.50. The summed E-state index contributed by atoms with van der Waals surface area (Å²) in [5, 5.41) is 7.46. The molecule has 0 spiro atoms. The van der Waals surface area contributed by atoms with Gasteiger partial charge in [-0.3, -0.25) is 19.1 Å².